The zero-order valence-electron chi connectivity index (χ0n) is 11.6. The molecular formula is C14H15N5O. The molecule has 0 bridgehead atoms. The fourth-order valence-corrected chi connectivity index (χ4v) is 2.08. The van der Waals surface area contributed by atoms with E-state index in [2.05, 4.69) is 26.2 Å². The van der Waals surface area contributed by atoms with Gasteiger partial charge in [0.1, 0.15) is 11.1 Å². The predicted octanol–water partition coefficient (Wildman–Crippen LogP) is 2.65. The van der Waals surface area contributed by atoms with Crippen molar-refractivity contribution in [3.8, 4) is 11.6 Å². The van der Waals surface area contributed by atoms with E-state index in [1.165, 1.54) is 0 Å². The molecule has 0 amide bonds. The minimum absolute atomic E-state index is 0.153. The smallest absolute Gasteiger partial charge is 0.235 e. The van der Waals surface area contributed by atoms with Crippen molar-refractivity contribution in [1.29, 1.82) is 0 Å². The van der Waals surface area contributed by atoms with Crippen LogP contribution in [0.3, 0.4) is 0 Å². The van der Waals surface area contributed by atoms with Crippen molar-refractivity contribution in [2.45, 2.75) is 20.8 Å². The van der Waals surface area contributed by atoms with Crippen LogP contribution in [0.1, 0.15) is 16.7 Å². The second kappa shape index (κ2) is 4.48. The van der Waals surface area contributed by atoms with Crippen LogP contribution in [-0.4, -0.2) is 20.2 Å². The summed E-state index contributed by atoms with van der Waals surface area (Å²) in [6.45, 7) is 6.07. The van der Waals surface area contributed by atoms with Gasteiger partial charge in [-0.25, -0.2) is 0 Å². The maximum absolute atomic E-state index is 5.98. The lowest BCUT2D eigenvalue weighted by atomic mass is 10.1. The maximum atomic E-state index is 5.98. The average molecular weight is 269 g/mol. The normalized spacial score (nSPS) is 10.9. The number of ether oxygens (including phenoxy) is 1. The summed E-state index contributed by atoms with van der Waals surface area (Å²) < 4.78 is 5.98. The van der Waals surface area contributed by atoms with Gasteiger partial charge in [0.05, 0.1) is 6.20 Å². The molecule has 3 rings (SSSR count). The molecule has 6 nitrogen and oxygen atoms in total. The molecule has 0 aliphatic rings. The molecule has 0 radical (unpaired) electrons. The van der Waals surface area contributed by atoms with E-state index in [0.29, 0.717) is 16.9 Å². The SMILES string of the molecule is Cc1ccc(C)c(Oc2nc(N)nc3[nH]ncc23)c1C. The Morgan fingerprint density at radius 1 is 1.10 bits per heavy atom. The molecule has 0 fully saturated rings. The average Bonchev–Trinajstić information content (AvgIpc) is 2.87. The van der Waals surface area contributed by atoms with Crippen molar-refractivity contribution in [3.63, 3.8) is 0 Å². The number of nitrogen functional groups attached to an aromatic ring is 1. The van der Waals surface area contributed by atoms with Crippen LogP contribution in [0, 0.1) is 20.8 Å². The first-order chi connectivity index (χ1) is 9.56. The Morgan fingerprint density at radius 2 is 1.85 bits per heavy atom. The van der Waals surface area contributed by atoms with Gasteiger partial charge in [0.25, 0.3) is 0 Å². The van der Waals surface area contributed by atoms with E-state index in [1.54, 1.807) is 6.20 Å². The monoisotopic (exact) mass is 269 g/mol. The number of fused-ring (bicyclic) bond motifs is 1. The number of aromatic nitrogens is 4. The van der Waals surface area contributed by atoms with Gasteiger partial charge in [0, 0.05) is 0 Å². The standard InChI is InChI=1S/C14H15N5O/c1-7-4-5-8(2)11(9(7)3)20-13-10-6-16-19-12(10)17-14(15)18-13/h4-6H,1-3H3,(H3,15,16,17,18,19). The summed E-state index contributed by atoms with van der Waals surface area (Å²) in [6, 6.07) is 4.09. The third kappa shape index (κ3) is 1.95. The molecule has 0 saturated heterocycles. The van der Waals surface area contributed by atoms with E-state index >= 15 is 0 Å². The van der Waals surface area contributed by atoms with Crippen molar-refractivity contribution in [3.05, 3.63) is 35.0 Å². The molecule has 2 heterocycles. The highest BCUT2D eigenvalue weighted by Gasteiger charge is 2.13. The van der Waals surface area contributed by atoms with E-state index in [-0.39, 0.29) is 5.95 Å². The lowest BCUT2D eigenvalue weighted by Gasteiger charge is -2.13. The van der Waals surface area contributed by atoms with Gasteiger partial charge in [0.2, 0.25) is 11.8 Å². The van der Waals surface area contributed by atoms with Crippen LogP contribution in [0.25, 0.3) is 11.0 Å². The molecule has 0 saturated carbocycles. The van der Waals surface area contributed by atoms with Gasteiger partial charge in [-0.15, -0.1) is 0 Å². The fraction of sp³-hybridized carbons (Fsp3) is 0.214. The molecule has 0 aliphatic heterocycles. The quantitative estimate of drug-likeness (QED) is 0.746. The summed E-state index contributed by atoms with van der Waals surface area (Å²) in [4.78, 5) is 8.23. The first-order valence-corrected chi connectivity index (χ1v) is 6.27. The van der Waals surface area contributed by atoms with E-state index in [1.807, 2.05) is 26.8 Å². The Balaban J connectivity index is 2.14. The Bertz CT molecular complexity index is 794. The minimum atomic E-state index is 0.153. The van der Waals surface area contributed by atoms with Crippen LogP contribution >= 0.6 is 0 Å². The predicted molar refractivity (Wildman–Crippen MR) is 76.8 cm³/mol. The van der Waals surface area contributed by atoms with Crippen LogP contribution in [0.5, 0.6) is 11.6 Å². The first kappa shape index (κ1) is 12.4. The van der Waals surface area contributed by atoms with E-state index in [0.717, 1.165) is 22.4 Å². The van der Waals surface area contributed by atoms with E-state index < -0.39 is 0 Å². The molecule has 0 aliphatic carbocycles. The topological polar surface area (TPSA) is 89.7 Å². The lowest BCUT2D eigenvalue weighted by molar-refractivity contribution is 0.461. The molecular weight excluding hydrogens is 254 g/mol. The molecule has 3 aromatic rings. The molecule has 102 valence electrons. The number of aromatic amines is 1. The summed E-state index contributed by atoms with van der Waals surface area (Å²) in [5.74, 6) is 1.36. The van der Waals surface area contributed by atoms with E-state index in [9.17, 15) is 0 Å². The molecule has 0 atom stereocenters. The molecule has 0 spiro atoms. The number of nitrogens with two attached hydrogens (primary N) is 1. The summed E-state index contributed by atoms with van der Waals surface area (Å²) in [5.41, 5.74) is 9.55. The van der Waals surface area contributed by atoms with Gasteiger partial charge in [-0.1, -0.05) is 12.1 Å². The summed E-state index contributed by atoms with van der Waals surface area (Å²) in [5, 5.41) is 7.42. The summed E-state index contributed by atoms with van der Waals surface area (Å²) in [6.07, 6.45) is 1.63. The molecule has 6 heteroatoms. The zero-order chi connectivity index (χ0) is 14.3. The molecule has 20 heavy (non-hydrogen) atoms. The second-order valence-electron chi connectivity index (χ2n) is 4.77. The van der Waals surface area contributed by atoms with Gasteiger partial charge >= 0.3 is 0 Å². The van der Waals surface area contributed by atoms with Crippen LogP contribution in [0.4, 0.5) is 5.95 Å². The highest BCUT2D eigenvalue weighted by atomic mass is 16.5. The highest BCUT2D eigenvalue weighted by Crippen LogP contribution is 2.32. The third-order valence-corrected chi connectivity index (χ3v) is 3.36. The number of H-pyrrole nitrogens is 1. The van der Waals surface area contributed by atoms with Crippen molar-refractivity contribution in [2.75, 3.05) is 5.73 Å². The van der Waals surface area contributed by atoms with Gasteiger partial charge < -0.3 is 10.5 Å². The number of hydrogen-bond donors (Lipinski definition) is 2. The van der Waals surface area contributed by atoms with Crippen molar-refractivity contribution < 1.29 is 4.74 Å². The van der Waals surface area contributed by atoms with Crippen molar-refractivity contribution in [1.82, 2.24) is 20.2 Å². The number of aryl methyl sites for hydroxylation is 2. The minimum Gasteiger partial charge on any atom is -0.437 e. The molecule has 2 aromatic heterocycles. The summed E-state index contributed by atoms with van der Waals surface area (Å²) >= 11 is 0. The number of nitrogens with one attached hydrogen (secondary N) is 1. The van der Waals surface area contributed by atoms with Gasteiger partial charge in [0.15, 0.2) is 5.65 Å². The molecule has 0 unspecified atom stereocenters. The summed E-state index contributed by atoms with van der Waals surface area (Å²) in [7, 11) is 0. The highest BCUT2D eigenvalue weighted by molar-refractivity contribution is 5.80. The van der Waals surface area contributed by atoms with Crippen molar-refractivity contribution >= 4 is 17.0 Å². The van der Waals surface area contributed by atoms with Gasteiger partial charge in [-0.2, -0.15) is 15.1 Å². The first-order valence-electron chi connectivity index (χ1n) is 6.27. The van der Waals surface area contributed by atoms with Crippen LogP contribution in [-0.2, 0) is 0 Å². The Labute approximate surface area is 116 Å². The third-order valence-electron chi connectivity index (χ3n) is 3.36. The van der Waals surface area contributed by atoms with Gasteiger partial charge in [-0.3, -0.25) is 5.10 Å². The number of nitrogens with zero attached hydrogens (tertiary/aromatic N) is 3. The van der Waals surface area contributed by atoms with Gasteiger partial charge in [-0.05, 0) is 37.5 Å². The Morgan fingerprint density at radius 3 is 2.65 bits per heavy atom. The second-order valence-corrected chi connectivity index (χ2v) is 4.77. The van der Waals surface area contributed by atoms with Crippen LogP contribution < -0.4 is 10.5 Å². The number of rotatable bonds is 2. The van der Waals surface area contributed by atoms with Crippen LogP contribution in [0.2, 0.25) is 0 Å². The number of benzene rings is 1. The van der Waals surface area contributed by atoms with E-state index in [4.69, 9.17) is 10.5 Å². The maximum Gasteiger partial charge on any atom is 0.235 e. The number of hydrogen-bond acceptors (Lipinski definition) is 5. The number of anilines is 1. The lowest BCUT2D eigenvalue weighted by Crippen LogP contribution is -2.00. The fourth-order valence-electron chi connectivity index (χ4n) is 2.08. The zero-order valence-corrected chi connectivity index (χ0v) is 11.6. The Kier molecular flexibility index (Phi) is 2.78. The van der Waals surface area contributed by atoms with Crippen LogP contribution in [0.15, 0.2) is 18.3 Å². The molecule has 1 aromatic carbocycles. The largest absolute Gasteiger partial charge is 0.437 e. The molecule has 3 N–H and O–H groups in total. The van der Waals surface area contributed by atoms with Crippen molar-refractivity contribution in [2.24, 2.45) is 0 Å². The Hall–Kier alpha value is -2.63.